The lowest BCUT2D eigenvalue weighted by molar-refractivity contribution is 0.0341. The maximum absolute atomic E-state index is 14.3. The summed E-state index contributed by atoms with van der Waals surface area (Å²) in [5.74, 6) is -0.733. The first-order valence-corrected chi connectivity index (χ1v) is 14.7. The minimum Gasteiger partial charge on any atom is -0.504 e. The van der Waals surface area contributed by atoms with Gasteiger partial charge in [0.25, 0.3) is 0 Å². The van der Waals surface area contributed by atoms with Gasteiger partial charge in [-0.05, 0) is 46.9 Å². The first kappa shape index (κ1) is 29.1. The molecule has 6 rings (SSSR count). The van der Waals surface area contributed by atoms with Gasteiger partial charge < -0.3 is 14.6 Å². The molecule has 2 N–H and O–H groups in total. The number of aliphatic hydroxyl groups excluding tert-OH is 1. The Morgan fingerprint density at radius 2 is 1.57 bits per heavy atom. The summed E-state index contributed by atoms with van der Waals surface area (Å²) < 4.78 is 11.0. The molecule has 1 aromatic heterocycles. The smallest absolute Gasteiger partial charge is 0.426 e. The number of fused-ring (bicyclic) bond motifs is 1. The number of rotatable bonds is 9. The third-order valence-electron chi connectivity index (χ3n) is 7.67. The van der Waals surface area contributed by atoms with Gasteiger partial charge in [-0.1, -0.05) is 72.8 Å². The zero-order chi connectivity index (χ0) is 30.3. The van der Waals surface area contributed by atoms with Crippen LogP contribution in [0, 0.1) is 0 Å². The molecule has 0 saturated carbocycles. The van der Waals surface area contributed by atoms with E-state index in [1.165, 1.54) is 5.01 Å². The number of aliphatic hydroxyl groups is 1. The molecule has 0 aliphatic carbocycles. The summed E-state index contributed by atoms with van der Waals surface area (Å²) in [5.41, 5.74) is 7.90. The van der Waals surface area contributed by atoms with Crippen molar-refractivity contribution < 1.29 is 24.2 Å². The SMILES string of the molecule is O=C(NN1Cc2cccnc2C(O)=C1C(=O)c1cc(Cc2ccccc2)cc(CN2CCOCC2)c1)OCc1ccccc1. The lowest BCUT2D eigenvalue weighted by atomic mass is 9.95. The lowest BCUT2D eigenvalue weighted by Gasteiger charge is -2.31. The number of allylic oxidation sites excluding steroid dienone is 1. The van der Waals surface area contributed by atoms with Crippen molar-refractivity contribution >= 4 is 17.6 Å². The van der Waals surface area contributed by atoms with E-state index >= 15 is 0 Å². The van der Waals surface area contributed by atoms with Gasteiger partial charge in [0.05, 0.1) is 19.8 Å². The molecule has 1 amide bonds. The number of nitrogens with zero attached hydrogens (tertiary/aromatic N) is 3. The second kappa shape index (κ2) is 13.5. The number of ketones is 1. The highest BCUT2D eigenvalue weighted by molar-refractivity contribution is 6.12. The van der Waals surface area contributed by atoms with Crippen LogP contribution in [0.4, 0.5) is 4.79 Å². The first-order chi connectivity index (χ1) is 21.5. The minimum atomic E-state index is -0.745. The second-order valence-corrected chi connectivity index (χ2v) is 10.9. The van der Waals surface area contributed by atoms with Crippen LogP contribution in [-0.2, 0) is 35.6 Å². The second-order valence-electron chi connectivity index (χ2n) is 10.9. The maximum atomic E-state index is 14.3. The largest absolute Gasteiger partial charge is 0.504 e. The Hall–Kier alpha value is -4.99. The van der Waals surface area contributed by atoms with E-state index in [4.69, 9.17) is 9.47 Å². The number of benzene rings is 3. The molecule has 9 heteroatoms. The molecule has 4 aromatic rings. The third-order valence-corrected chi connectivity index (χ3v) is 7.67. The molecular formula is C35H34N4O5. The van der Waals surface area contributed by atoms with Gasteiger partial charge in [0.1, 0.15) is 18.0 Å². The number of morpholine rings is 1. The summed E-state index contributed by atoms with van der Waals surface area (Å²) in [6, 6.07) is 28.8. The maximum Gasteiger partial charge on any atom is 0.426 e. The number of pyridine rings is 1. The van der Waals surface area contributed by atoms with E-state index in [1.54, 1.807) is 18.3 Å². The molecule has 1 fully saturated rings. The number of hydrogen-bond donors (Lipinski definition) is 2. The highest BCUT2D eigenvalue weighted by Gasteiger charge is 2.33. The third kappa shape index (κ3) is 6.96. The number of carbonyl (C=O) groups is 2. The number of aromatic nitrogens is 1. The van der Waals surface area contributed by atoms with Gasteiger partial charge in [-0.3, -0.25) is 19.7 Å². The summed E-state index contributed by atoms with van der Waals surface area (Å²) in [6.45, 7) is 3.80. The van der Waals surface area contributed by atoms with Crippen LogP contribution in [-0.4, -0.2) is 58.2 Å². The van der Waals surface area contributed by atoms with Crippen molar-refractivity contribution in [2.45, 2.75) is 26.1 Å². The Bertz CT molecular complexity index is 1650. The van der Waals surface area contributed by atoms with Gasteiger partial charge in [-0.25, -0.2) is 10.2 Å². The molecule has 0 bridgehead atoms. The lowest BCUT2D eigenvalue weighted by Crippen LogP contribution is -2.45. The fourth-order valence-electron chi connectivity index (χ4n) is 5.53. The molecule has 3 heterocycles. The van der Waals surface area contributed by atoms with Gasteiger partial charge >= 0.3 is 6.09 Å². The van der Waals surface area contributed by atoms with Crippen molar-refractivity contribution in [3.05, 3.63) is 142 Å². The van der Waals surface area contributed by atoms with Crippen molar-refractivity contribution in [2.75, 3.05) is 26.3 Å². The molecule has 0 spiro atoms. The van der Waals surface area contributed by atoms with E-state index in [2.05, 4.69) is 33.5 Å². The van der Waals surface area contributed by atoms with Crippen LogP contribution in [0.5, 0.6) is 0 Å². The van der Waals surface area contributed by atoms with Gasteiger partial charge in [-0.2, -0.15) is 0 Å². The van der Waals surface area contributed by atoms with Gasteiger partial charge in [-0.15, -0.1) is 0 Å². The molecule has 44 heavy (non-hydrogen) atoms. The molecule has 0 atom stereocenters. The summed E-state index contributed by atoms with van der Waals surface area (Å²) in [5, 5.41) is 12.8. The monoisotopic (exact) mass is 590 g/mol. The Kier molecular flexibility index (Phi) is 8.95. The summed E-state index contributed by atoms with van der Waals surface area (Å²) in [4.78, 5) is 33.9. The molecule has 2 aliphatic heterocycles. The number of nitrogens with one attached hydrogen (secondary N) is 1. The van der Waals surface area contributed by atoms with Crippen LogP contribution in [0.15, 0.2) is 103 Å². The van der Waals surface area contributed by atoms with E-state index in [0.717, 1.165) is 35.3 Å². The number of hydrogen-bond acceptors (Lipinski definition) is 8. The minimum absolute atomic E-state index is 0.0596. The Morgan fingerprint density at radius 3 is 2.32 bits per heavy atom. The molecule has 224 valence electrons. The van der Waals surface area contributed by atoms with Crippen molar-refractivity contribution in [1.82, 2.24) is 20.3 Å². The van der Waals surface area contributed by atoms with Crippen molar-refractivity contribution in [2.24, 2.45) is 0 Å². The Balaban J connectivity index is 1.32. The molecule has 1 saturated heterocycles. The number of hydrazine groups is 1. The zero-order valence-electron chi connectivity index (χ0n) is 24.3. The molecule has 0 unspecified atom stereocenters. The normalized spacial score (nSPS) is 15.0. The molecule has 3 aromatic carbocycles. The number of amides is 1. The van der Waals surface area contributed by atoms with Crippen LogP contribution < -0.4 is 5.43 Å². The predicted molar refractivity (Wildman–Crippen MR) is 165 cm³/mol. The number of ether oxygens (including phenoxy) is 2. The first-order valence-electron chi connectivity index (χ1n) is 14.7. The highest BCUT2D eigenvalue weighted by atomic mass is 16.6. The molecule has 9 nitrogen and oxygen atoms in total. The van der Waals surface area contributed by atoms with Crippen LogP contribution in [0.1, 0.15) is 43.9 Å². The number of carbonyl (C=O) groups excluding carboxylic acids is 2. The van der Waals surface area contributed by atoms with Gasteiger partial charge in [0, 0.05) is 37.0 Å². The zero-order valence-corrected chi connectivity index (χ0v) is 24.3. The number of Topliss-reactive ketones (excluding diaryl/α,β-unsaturated/α-hetero) is 1. The van der Waals surface area contributed by atoms with Crippen LogP contribution in [0.2, 0.25) is 0 Å². The van der Waals surface area contributed by atoms with Gasteiger partial charge in [0.2, 0.25) is 5.78 Å². The van der Waals surface area contributed by atoms with Crippen LogP contribution >= 0.6 is 0 Å². The van der Waals surface area contributed by atoms with Crippen LogP contribution in [0.25, 0.3) is 5.76 Å². The van der Waals surface area contributed by atoms with E-state index in [1.807, 2.05) is 60.7 Å². The van der Waals surface area contributed by atoms with Crippen LogP contribution in [0.3, 0.4) is 0 Å². The van der Waals surface area contributed by atoms with E-state index in [0.29, 0.717) is 43.0 Å². The predicted octanol–water partition coefficient (Wildman–Crippen LogP) is 5.27. The standard InChI is InChI=1S/C35H34N4O5/c40-33(30-20-27(18-25-8-3-1-4-9-25)19-28(21-30)22-38-14-16-43-17-15-38)32-34(41)31-29(12-7-13-36-31)23-39(32)37-35(42)44-24-26-10-5-2-6-11-26/h1-13,19-21,41H,14-18,22-24H2,(H,37,42). The summed E-state index contributed by atoms with van der Waals surface area (Å²) in [7, 11) is 0. The molecule has 0 radical (unpaired) electrons. The Labute approximate surface area is 256 Å². The highest BCUT2D eigenvalue weighted by Crippen LogP contribution is 2.30. The molecular weight excluding hydrogens is 556 g/mol. The Morgan fingerprint density at radius 1 is 0.864 bits per heavy atom. The quantitative estimate of drug-likeness (QED) is 0.254. The van der Waals surface area contributed by atoms with E-state index < -0.39 is 11.9 Å². The van der Waals surface area contributed by atoms with Crippen molar-refractivity contribution in [3.63, 3.8) is 0 Å². The fraction of sp³-hybridized carbons (Fsp3) is 0.229. The summed E-state index contributed by atoms with van der Waals surface area (Å²) >= 11 is 0. The van der Waals surface area contributed by atoms with Crippen molar-refractivity contribution in [3.8, 4) is 0 Å². The topological polar surface area (TPSA) is 104 Å². The van der Waals surface area contributed by atoms with Gasteiger partial charge in [0.15, 0.2) is 5.76 Å². The van der Waals surface area contributed by atoms with Crippen molar-refractivity contribution in [1.29, 1.82) is 0 Å². The van der Waals surface area contributed by atoms with E-state index in [9.17, 15) is 14.7 Å². The van der Waals surface area contributed by atoms with E-state index in [-0.39, 0.29) is 24.6 Å². The molecule has 2 aliphatic rings. The fourth-order valence-corrected chi connectivity index (χ4v) is 5.53. The average Bonchev–Trinajstić information content (AvgIpc) is 3.05. The summed E-state index contributed by atoms with van der Waals surface area (Å²) in [6.07, 6.45) is 1.46. The average molecular weight is 591 g/mol.